The second kappa shape index (κ2) is 7.87. The zero-order valence-corrected chi connectivity index (χ0v) is 17.2. The Labute approximate surface area is 161 Å². The average Bonchev–Trinajstić information content (AvgIpc) is 3.23. The molecule has 0 aliphatic rings. The molecule has 0 saturated carbocycles. The number of thiophene rings is 1. The molecule has 138 valence electrons. The van der Waals surface area contributed by atoms with Crippen molar-refractivity contribution in [1.29, 1.82) is 0 Å². The summed E-state index contributed by atoms with van der Waals surface area (Å²) in [5, 5.41) is 4.87. The molecule has 0 spiro atoms. The standard InChI is InChI=1S/C18H20N2O3S3/c1-12-7-9-24-17(12)6-8-19-26(21,22)18-10-14(4-5-16(18)23-3)15-11-25-13(2)20-15/h4-5,7,9-11,19H,6,8H2,1-3H3. The van der Waals surface area contributed by atoms with E-state index in [1.807, 2.05) is 36.7 Å². The smallest absolute Gasteiger partial charge is 0.244 e. The van der Waals surface area contributed by atoms with Gasteiger partial charge in [-0.25, -0.2) is 18.1 Å². The van der Waals surface area contributed by atoms with Crippen molar-refractivity contribution < 1.29 is 13.2 Å². The van der Waals surface area contributed by atoms with Crippen molar-refractivity contribution in [3.05, 3.63) is 50.5 Å². The Bertz CT molecular complexity index is 1010. The molecule has 5 nitrogen and oxygen atoms in total. The number of hydrogen-bond acceptors (Lipinski definition) is 6. The first-order valence-corrected chi connectivity index (χ1v) is 11.3. The van der Waals surface area contributed by atoms with Crippen LogP contribution in [0.25, 0.3) is 11.3 Å². The quantitative estimate of drug-likeness (QED) is 0.641. The molecular weight excluding hydrogens is 388 g/mol. The van der Waals surface area contributed by atoms with Gasteiger partial charge >= 0.3 is 0 Å². The van der Waals surface area contributed by atoms with Gasteiger partial charge in [-0.05, 0) is 55.5 Å². The van der Waals surface area contributed by atoms with Gasteiger partial charge in [-0.3, -0.25) is 0 Å². The molecule has 3 aromatic rings. The molecule has 0 fully saturated rings. The fraction of sp³-hybridized carbons (Fsp3) is 0.278. The van der Waals surface area contributed by atoms with E-state index in [1.54, 1.807) is 23.5 Å². The molecule has 0 aliphatic heterocycles. The Balaban J connectivity index is 1.84. The largest absolute Gasteiger partial charge is 0.495 e. The molecule has 3 rings (SSSR count). The van der Waals surface area contributed by atoms with E-state index in [-0.39, 0.29) is 4.90 Å². The number of benzene rings is 1. The molecular formula is C18H20N2O3S3. The molecule has 0 aliphatic carbocycles. The average molecular weight is 409 g/mol. The van der Waals surface area contributed by atoms with E-state index in [1.165, 1.54) is 28.9 Å². The molecule has 1 aromatic carbocycles. The lowest BCUT2D eigenvalue weighted by Gasteiger charge is -2.12. The molecule has 0 bridgehead atoms. The molecule has 1 N–H and O–H groups in total. The van der Waals surface area contributed by atoms with Crippen molar-refractivity contribution in [2.45, 2.75) is 25.2 Å². The van der Waals surface area contributed by atoms with Crippen molar-refractivity contribution in [2.75, 3.05) is 13.7 Å². The first kappa shape index (κ1) is 19.0. The predicted molar refractivity (Wildman–Crippen MR) is 107 cm³/mol. The van der Waals surface area contributed by atoms with Crippen LogP contribution in [-0.4, -0.2) is 27.1 Å². The molecule has 0 radical (unpaired) electrons. The van der Waals surface area contributed by atoms with Gasteiger partial charge in [0, 0.05) is 22.4 Å². The maximum Gasteiger partial charge on any atom is 0.244 e. The van der Waals surface area contributed by atoms with E-state index in [0.717, 1.165) is 16.3 Å². The third-order valence-corrected chi connectivity index (χ3v) is 7.32. The lowest BCUT2D eigenvalue weighted by molar-refractivity contribution is 0.402. The van der Waals surface area contributed by atoms with Gasteiger partial charge in [-0.1, -0.05) is 0 Å². The van der Waals surface area contributed by atoms with Crippen LogP contribution in [0.2, 0.25) is 0 Å². The van der Waals surface area contributed by atoms with Crippen molar-refractivity contribution in [1.82, 2.24) is 9.71 Å². The Morgan fingerprint density at radius 1 is 1.19 bits per heavy atom. The Morgan fingerprint density at radius 2 is 2.00 bits per heavy atom. The van der Waals surface area contributed by atoms with E-state index in [2.05, 4.69) is 9.71 Å². The van der Waals surface area contributed by atoms with Gasteiger partial charge in [0.1, 0.15) is 10.6 Å². The normalized spacial score (nSPS) is 11.7. The van der Waals surface area contributed by atoms with Gasteiger partial charge in [0.15, 0.2) is 0 Å². The second-order valence-corrected chi connectivity index (χ2v) is 9.59. The molecule has 8 heteroatoms. The summed E-state index contributed by atoms with van der Waals surface area (Å²) in [6, 6.07) is 7.15. The van der Waals surface area contributed by atoms with Crippen LogP contribution in [-0.2, 0) is 16.4 Å². The first-order valence-electron chi connectivity index (χ1n) is 8.04. The summed E-state index contributed by atoms with van der Waals surface area (Å²) in [5.41, 5.74) is 2.71. The highest BCUT2D eigenvalue weighted by Crippen LogP contribution is 2.30. The number of nitrogens with one attached hydrogen (secondary N) is 1. The molecule has 2 aromatic heterocycles. The predicted octanol–water partition coefficient (Wildman–Crippen LogP) is 4.02. The summed E-state index contributed by atoms with van der Waals surface area (Å²) in [5.74, 6) is 0.320. The zero-order chi connectivity index (χ0) is 18.7. The maximum absolute atomic E-state index is 12.8. The van der Waals surface area contributed by atoms with E-state index in [9.17, 15) is 8.42 Å². The van der Waals surface area contributed by atoms with Crippen LogP contribution in [0.3, 0.4) is 0 Å². The van der Waals surface area contributed by atoms with Gasteiger partial charge in [-0.2, -0.15) is 0 Å². The third-order valence-electron chi connectivity index (χ3n) is 3.98. The van der Waals surface area contributed by atoms with E-state index in [0.29, 0.717) is 18.7 Å². The van der Waals surface area contributed by atoms with Crippen LogP contribution in [0.1, 0.15) is 15.4 Å². The minimum Gasteiger partial charge on any atom is -0.495 e. The molecule has 0 saturated heterocycles. The number of rotatable bonds is 7. The number of thiazole rings is 1. The van der Waals surface area contributed by atoms with Crippen LogP contribution < -0.4 is 9.46 Å². The number of aromatic nitrogens is 1. The second-order valence-electron chi connectivity index (χ2n) is 5.79. The topological polar surface area (TPSA) is 68.3 Å². The Kier molecular flexibility index (Phi) is 5.76. The first-order chi connectivity index (χ1) is 12.4. The molecule has 2 heterocycles. The van der Waals surface area contributed by atoms with Crippen LogP contribution in [0, 0.1) is 13.8 Å². The fourth-order valence-electron chi connectivity index (χ4n) is 2.58. The van der Waals surface area contributed by atoms with Gasteiger partial charge in [0.05, 0.1) is 17.8 Å². The molecule has 0 amide bonds. The van der Waals surface area contributed by atoms with Crippen LogP contribution >= 0.6 is 22.7 Å². The van der Waals surface area contributed by atoms with E-state index < -0.39 is 10.0 Å². The van der Waals surface area contributed by atoms with Gasteiger partial charge in [0.25, 0.3) is 0 Å². The minimum atomic E-state index is -3.69. The van der Waals surface area contributed by atoms with Crippen molar-refractivity contribution in [3.63, 3.8) is 0 Å². The molecule has 26 heavy (non-hydrogen) atoms. The monoisotopic (exact) mass is 408 g/mol. The van der Waals surface area contributed by atoms with Crippen molar-refractivity contribution in [3.8, 4) is 17.0 Å². The van der Waals surface area contributed by atoms with E-state index in [4.69, 9.17) is 4.74 Å². The van der Waals surface area contributed by atoms with Crippen LogP contribution in [0.4, 0.5) is 0 Å². The summed E-state index contributed by atoms with van der Waals surface area (Å²) in [6.07, 6.45) is 0.663. The van der Waals surface area contributed by atoms with Gasteiger partial charge < -0.3 is 4.74 Å². The Hall–Kier alpha value is -1.74. The van der Waals surface area contributed by atoms with Crippen LogP contribution in [0.5, 0.6) is 5.75 Å². The SMILES string of the molecule is COc1ccc(-c2csc(C)n2)cc1S(=O)(=O)NCCc1sccc1C. The van der Waals surface area contributed by atoms with E-state index >= 15 is 0 Å². The summed E-state index contributed by atoms with van der Waals surface area (Å²) in [7, 11) is -2.22. The fourth-order valence-corrected chi connectivity index (χ4v) is 5.34. The molecule has 0 unspecified atom stereocenters. The number of hydrogen-bond donors (Lipinski definition) is 1. The summed E-state index contributed by atoms with van der Waals surface area (Å²) >= 11 is 3.17. The number of aryl methyl sites for hydroxylation is 2. The summed E-state index contributed by atoms with van der Waals surface area (Å²) < 4.78 is 33.6. The molecule has 0 atom stereocenters. The number of nitrogens with zero attached hydrogens (tertiary/aromatic N) is 1. The lowest BCUT2D eigenvalue weighted by Crippen LogP contribution is -2.26. The number of sulfonamides is 1. The highest BCUT2D eigenvalue weighted by Gasteiger charge is 2.21. The highest BCUT2D eigenvalue weighted by molar-refractivity contribution is 7.89. The zero-order valence-electron chi connectivity index (χ0n) is 14.8. The van der Waals surface area contributed by atoms with Crippen LogP contribution in [0.15, 0.2) is 39.9 Å². The number of ether oxygens (including phenoxy) is 1. The number of methoxy groups -OCH3 is 1. The van der Waals surface area contributed by atoms with Crippen molar-refractivity contribution >= 4 is 32.7 Å². The van der Waals surface area contributed by atoms with Crippen molar-refractivity contribution in [2.24, 2.45) is 0 Å². The summed E-state index contributed by atoms with van der Waals surface area (Å²) in [4.78, 5) is 5.75. The minimum absolute atomic E-state index is 0.131. The lowest BCUT2D eigenvalue weighted by atomic mass is 10.2. The Morgan fingerprint density at radius 3 is 2.62 bits per heavy atom. The summed E-state index contributed by atoms with van der Waals surface area (Å²) in [6.45, 7) is 4.29. The highest BCUT2D eigenvalue weighted by atomic mass is 32.2. The van der Waals surface area contributed by atoms with Gasteiger partial charge in [0.2, 0.25) is 10.0 Å². The third kappa shape index (κ3) is 4.15. The van der Waals surface area contributed by atoms with Gasteiger partial charge in [-0.15, -0.1) is 22.7 Å². The maximum atomic E-state index is 12.8.